The molecule has 2 unspecified atom stereocenters. The van der Waals surface area contributed by atoms with E-state index in [2.05, 4.69) is 0 Å². The van der Waals surface area contributed by atoms with Crippen LogP contribution < -0.4 is 9.47 Å². The van der Waals surface area contributed by atoms with E-state index in [0.29, 0.717) is 5.56 Å². The number of ketones is 1. The van der Waals surface area contributed by atoms with Crippen LogP contribution in [0, 0.1) is 0 Å². The van der Waals surface area contributed by atoms with Crippen molar-refractivity contribution >= 4 is 11.9 Å². The number of aromatic hydroxyl groups is 2. The van der Waals surface area contributed by atoms with Gasteiger partial charge in [-0.1, -0.05) is 6.07 Å². The molecule has 0 aromatic heterocycles. The number of hydrogen-bond donors (Lipinski definition) is 6. The first-order chi connectivity index (χ1) is 14.8. The number of aliphatic hydroxyl groups is 4. The SMILES string of the molecule is O=C1/C(=C\c2ccc(O)c(O)c2)Oc2cc(O[C@@H]3OC(CO)[C@@H](O)[C@H](O)C3O)ccc21. The molecule has 1 fully saturated rings. The van der Waals surface area contributed by atoms with Crippen LogP contribution in [0.2, 0.25) is 0 Å². The number of rotatable bonds is 4. The van der Waals surface area contributed by atoms with Crippen molar-refractivity contribution < 1.29 is 49.6 Å². The van der Waals surface area contributed by atoms with Crippen molar-refractivity contribution in [2.75, 3.05) is 6.61 Å². The molecule has 0 amide bonds. The fourth-order valence-electron chi connectivity index (χ4n) is 3.32. The lowest BCUT2D eigenvalue weighted by molar-refractivity contribution is -0.277. The maximum atomic E-state index is 12.6. The van der Waals surface area contributed by atoms with Gasteiger partial charge in [0.25, 0.3) is 0 Å². The van der Waals surface area contributed by atoms with Gasteiger partial charge in [0.05, 0.1) is 12.2 Å². The van der Waals surface area contributed by atoms with E-state index in [4.69, 9.17) is 14.2 Å². The monoisotopic (exact) mass is 432 g/mol. The molecule has 2 heterocycles. The van der Waals surface area contributed by atoms with Crippen LogP contribution in [0.25, 0.3) is 6.08 Å². The zero-order chi connectivity index (χ0) is 22.3. The predicted octanol–water partition coefficient (Wildman–Crippen LogP) is -0.107. The van der Waals surface area contributed by atoms with Crippen LogP contribution in [0.4, 0.5) is 0 Å². The Hall–Kier alpha value is -3.15. The average molecular weight is 432 g/mol. The third-order valence-corrected chi connectivity index (χ3v) is 5.04. The molecule has 10 nitrogen and oxygen atoms in total. The minimum absolute atomic E-state index is 0.00919. The van der Waals surface area contributed by atoms with E-state index in [1.807, 2.05) is 0 Å². The number of hydrogen-bond acceptors (Lipinski definition) is 10. The summed E-state index contributed by atoms with van der Waals surface area (Å²) in [5.41, 5.74) is 0.694. The Morgan fingerprint density at radius 1 is 0.968 bits per heavy atom. The second-order valence-electron chi connectivity index (χ2n) is 7.16. The normalized spacial score (nSPS) is 29.0. The van der Waals surface area contributed by atoms with Crippen LogP contribution >= 0.6 is 0 Å². The molecule has 1 saturated heterocycles. The number of fused-ring (bicyclic) bond motifs is 1. The molecule has 2 aliphatic rings. The van der Waals surface area contributed by atoms with Crippen molar-refractivity contribution in [3.63, 3.8) is 0 Å². The molecule has 5 atom stereocenters. The third kappa shape index (κ3) is 3.94. The molecule has 2 aromatic rings. The van der Waals surface area contributed by atoms with Crippen LogP contribution in [0.1, 0.15) is 15.9 Å². The molecule has 2 aromatic carbocycles. The van der Waals surface area contributed by atoms with E-state index < -0.39 is 43.1 Å². The summed E-state index contributed by atoms with van der Waals surface area (Å²) in [6, 6.07) is 8.33. The van der Waals surface area contributed by atoms with Gasteiger partial charge in [0, 0.05) is 6.07 Å². The van der Waals surface area contributed by atoms with Gasteiger partial charge < -0.3 is 44.8 Å². The minimum atomic E-state index is -1.58. The quantitative estimate of drug-likeness (QED) is 0.283. The first kappa shape index (κ1) is 21.1. The number of phenolic OH excluding ortho intramolecular Hbond substituents is 2. The maximum absolute atomic E-state index is 12.6. The highest BCUT2D eigenvalue weighted by Gasteiger charge is 2.44. The number of benzene rings is 2. The standard InChI is InChI=1S/C21H20O10/c22-8-16-18(26)19(27)20(28)21(31-16)29-10-2-3-11-14(7-10)30-15(17(11)25)6-9-1-4-12(23)13(24)5-9/h1-7,16,18-24,26-28H,8H2/b15-6+/t16?,18-,19+,20?,21-/m1/s1. The molecule has 0 radical (unpaired) electrons. The summed E-state index contributed by atoms with van der Waals surface area (Å²) < 4.78 is 16.4. The van der Waals surface area contributed by atoms with Gasteiger partial charge >= 0.3 is 0 Å². The Morgan fingerprint density at radius 2 is 1.74 bits per heavy atom. The molecule has 10 heteroatoms. The van der Waals surface area contributed by atoms with Crippen molar-refractivity contribution in [1.82, 2.24) is 0 Å². The van der Waals surface area contributed by atoms with Gasteiger partial charge in [0.2, 0.25) is 12.1 Å². The fraction of sp³-hybridized carbons (Fsp3) is 0.286. The van der Waals surface area contributed by atoms with Crippen molar-refractivity contribution in [3.8, 4) is 23.0 Å². The first-order valence-electron chi connectivity index (χ1n) is 9.36. The number of ether oxygens (including phenoxy) is 3. The van der Waals surface area contributed by atoms with E-state index in [1.165, 1.54) is 42.5 Å². The van der Waals surface area contributed by atoms with E-state index >= 15 is 0 Å². The molecule has 31 heavy (non-hydrogen) atoms. The van der Waals surface area contributed by atoms with Crippen LogP contribution in [-0.2, 0) is 4.74 Å². The zero-order valence-corrected chi connectivity index (χ0v) is 16.0. The van der Waals surface area contributed by atoms with Crippen molar-refractivity contribution in [2.24, 2.45) is 0 Å². The maximum Gasteiger partial charge on any atom is 0.231 e. The smallest absolute Gasteiger partial charge is 0.231 e. The summed E-state index contributed by atoms with van der Waals surface area (Å²) in [6.45, 7) is -0.590. The van der Waals surface area contributed by atoms with Gasteiger partial charge in [-0.15, -0.1) is 0 Å². The molecule has 0 saturated carbocycles. The molecule has 0 aliphatic carbocycles. The Morgan fingerprint density at radius 3 is 2.45 bits per heavy atom. The van der Waals surface area contributed by atoms with Crippen molar-refractivity contribution in [3.05, 3.63) is 53.3 Å². The molecule has 2 aliphatic heterocycles. The Bertz CT molecular complexity index is 1030. The summed E-state index contributed by atoms with van der Waals surface area (Å²) >= 11 is 0. The largest absolute Gasteiger partial charge is 0.504 e. The Balaban J connectivity index is 1.53. The van der Waals surface area contributed by atoms with Crippen molar-refractivity contribution in [2.45, 2.75) is 30.7 Å². The van der Waals surface area contributed by atoms with Gasteiger partial charge in [0.1, 0.15) is 35.9 Å². The molecule has 164 valence electrons. The average Bonchev–Trinajstić information content (AvgIpc) is 3.05. The molecule has 4 rings (SSSR count). The fourth-order valence-corrected chi connectivity index (χ4v) is 3.32. The number of phenols is 2. The minimum Gasteiger partial charge on any atom is -0.504 e. The number of carbonyl (C=O) groups excluding carboxylic acids is 1. The molecule has 0 spiro atoms. The number of allylic oxidation sites excluding steroid dienone is 1. The van der Waals surface area contributed by atoms with Gasteiger partial charge in [-0.05, 0) is 35.9 Å². The second-order valence-corrected chi connectivity index (χ2v) is 7.16. The summed E-state index contributed by atoms with van der Waals surface area (Å²) in [4.78, 5) is 12.6. The highest BCUT2D eigenvalue weighted by molar-refractivity contribution is 6.14. The Kier molecular flexibility index (Phi) is 5.56. The number of carbonyl (C=O) groups is 1. The number of Topliss-reactive ketones (excluding diaryl/α,β-unsaturated/α-hetero) is 1. The summed E-state index contributed by atoms with van der Waals surface area (Å²) in [5.74, 6) is -0.709. The number of aliphatic hydroxyl groups excluding tert-OH is 4. The molecular formula is C21H20O10. The summed E-state index contributed by atoms with van der Waals surface area (Å²) in [5, 5.41) is 58.0. The van der Waals surface area contributed by atoms with Gasteiger partial charge in [0.15, 0.2) is 17.3 Å². The van der Waals surface area contributed by atoms with E-state index in [0.717, 1.165) is 0 Å². The first-order valence-corrected chi connectivity index (χ1v) is 9.36. The lowest BCUT2D eigenvalue weighted by Gasteiger charge is -2.39. The molecule has 6 N–H and O–H groups in total. The third-order valence-electron chi connectivity index (χ3n) is 5.04. The summed E-state index contributed by atoms with van der Waals surface area (Å²) in [6.07, 6.45) is -5.76. The summed E-state index contributed by atoms with van der Waals surface area (Å²) in [7, 11) is 0. The van der Waals surface area contributed by atoms with Crippen LogP contribution in [0.15, 0.2) is 42.2 Å². The zero-order valence-electron chi connectivity index (χ0n) is 16.0. The van der Waals surface area contributed by atoms with Gasteiger partial charge in [-0.3, -0.25) is 4.79 Å². The van der Waals surface area contributed by atoms with Crippen LogP contribution in [-0.4, -0.2) is 73.7 Å². The van der Waals surface area contributed by atoms with Crippen LogP contribution in [0.5, 0.6) is 23.0 Å². The van der Waals surface area contributed by atoms with Gasteiger partial charge in [-0.25, -0.2) is 0 Å². The van der Waals surface area contributed by atoms with Crippen LogP contribution in [0.3, 0.4) is 0 Å². The topological polar surface area (TPSA) is 166 Å². The Labute approximate surface area is 175 Å². The lowest BCUT2D eigenvalue weighted by Crippen LogP contribution is -2.60. The van der Waals surface area contributed by atoms with Crippen molar-refractivity contribution in [1.29, 1.82) is 0 Å². The molecule has 0 bridgehead atoms. The second kappa shape index (κ2) is 8.17. The lowest BCUT2D eigenvalue weighted by atomic mass is 9.99. The van der Waals surface area contributed by atoms with E-state index in [-0.39, 0.29) is 34.3 Å². The highest BCUT2D eigenvalue weighted by Crippen LogP contribution is 2.36. The van der Waals surface area contributed by atoms with E-state index in [1.54, 1.807) is 0 Å². The molecular weight excluding hydrogens is 412 g/mol. The predicted molar refractivity (Wildman–Crippen MR) is 104 cm³/mol. The highest BCUT2D eigenvalue weighted by atomic mass is 16.7. The van der Waals surface area contributed by atoms with Gasteiger partial charge in [-0.2, -0.15) is 0 Å². The van der Waals surface area contributed by atoms with E-state index in [9.17, 15) is 35.4 Å².